The second kappa shape index (κ2) is 5.27. The Morgan fingerprint density at radius 1 is 1.05 bits per heavy atom. The summed E-state index contributed by atoms with van der Waals surface area (Å²) < 4.78 is 62.8. The Balaban J connectivity index is 3.33. The van der Waals surface area contributed by atoms with Gasteiger partial charge >= 0.3 is 12.1 Å². The van der Waals surface area contributed by atoms with Gasteiger partial charge in [-0.3, -0.25) is 4.79 Å². The van der Waals surface area contributed by atoms with Crippen LogP contribution in [0.1, 0.15) is 35.3 Å². The van der Waals surface area contributed by atoms with Crippen molar-refractivity contribution in [1.82, 2.24) is 0 Å². The minimum atomic E-state index is -5.88. The zero-order chi connectivity index (χ0) is 14.8. The molecule has 106 valence electrons. The van der Waals surface area contributed by atoms with E-state index < -0.39 is 23.4 Å². The quantitative estimate of drug-likeness (QED) is 0.597. The number of carbonyl (C=O) groups is 1. The molecule has 19 heavy (non-hydrogen) atoms. The molecule has 0 aliphatic carbocycles. The largest absolute Gasteiger partial charge is 0.461 e. The van der Waals surface area contributed by atoms with Gasteiger partial charge in [0, 0.05) is 5.56 Å². The first-order chi connectivity index (χ1) is 8.65. The smallest absolute Gasteiger partial charge is 0.287 e. The van der Waals surface area contributed by atoms with Crippen molar-refractivity contribution in [2.45, 2.75) is 38.8 Å². The molecule has 0 aromatic heterocycles. The first-order valence-corrected chi connectivity index (χ1v) is 5.76. The van der Waals surface area contributed by atoms with E-state index in [-0.39, 0.29) is 12.0 Å². The summed E-state index contributed by atoms with van der Waals surface area (Å²) in [6, 6.07) is 4.14. The number of halogens is 5. The van der Waals surface area contributed by atoms with Gasteiger partial charge in [0.15, 0.2) is 0 Å². The molecule has 0 bridgehead atoms. The molecule has 1 aromatic rings. The lowest BCUT2D eigenvalue weighted by molar-refractivity contribution is -0.255. The number of carbonyl (C=O) groups excluding carboxylic acids is 1. The van der Waals surface area contributed by atoms with Crippen molar-refractivity contribution in [3.8, 4) is 0 Å². The minimum absolute atomic E-state index is 0.186. The molecule has 0 spiro atoms. The van der Waals surface area contributed by atoms with Crippen LogP contribution in [0.5, 0.6) is 0 Å². The summed E-state index contributed by atoms with van der Waals surface area (Å²) in [5.74, 6) is -7.55. The van der Waals surface area contributed by atoms with Crippen LogP contribution in [0.25, 0.3) is 0 Å². The number of alkyl halides is 5. The fourth-order valence-electron chi connectivity index (χ4n) is 1.66. The number of aryl methyl sites for hydroxylation is 2. The van der Waals surface area contributed by atoms with Crippen LogP contribution in [-0.2, 0) is 12.8 Å². The molecule has 0 aliphatic heterocycles. The topological polar surface area (TPSA) is 17.1 Å². The number of ketones is 1. The summed E-state index contributed by atoms with van der Waals surface area (Å²) in [5.41, 5.74) is 0.175. The molecule has 0 aliphatic rings. The third-order valence-electron chi connectivity index (χ3n) is 2.85. The van der Waals surface area contributed by atoms with Gasteiger partial charge in [-0.15, -0.1) is 0 Å². The van der Waals surface area contributed by atoms with Gasteiger partial charge in [0.25, 0.3) is 0 Å². The highest BCUT2D eigenvalue weighted by atomic mass is 19.4. The molecule has 1 rings (SSSR count). The maximum Gasteiger partial charge on any atom is 0.461 e. The summed E-state index contributed by atoms with van der Waals surface area (Å²) in [5, 5.41) is 0. The van der Waals surface area contributed by atoms with Crippen LogP contribution in [-0.4, -0.2) is 17.9 Å². The second-order valence-electron chi connectivity index (χ2n) is 4.10. The van der Waals surface area contributed by atoms with Crippen LogP contribution in [0.3, 0.4) is 0 Å². The van der Waals surface area contributed by atoms with Gasteiger partial charge in [-0.25, -0.2) is 0 Å². The van der Waals surface area contributed by atoms with Crippen molar-refractivity contribution in [2.75, 3.05) is 0 Å². The molecule has 0 atom stereocenters. The monoisotopic (exact) mass is 280 g/mol. The van der Waals surface area contributed by atoms with Crippen molar-refractivity contribution in [3.63, 3.8) is 0 Å². The van der Waals surface area contributed by atoms with Crippen LogP contribution in [0.15, 0.2) is 18.2 Å². The maximum atomic E-state index is 13.1. The van der Waals surface area contributed by atoms with Crippen LogP contribution in [0.4, 0.5) is 22.0 Å². The molecule has 0 saturated heterocycles. The fourth-order valence-corrected chi connectivity index (χ4v) is 1.66. The highest BCUT2D eigenvalue weighted by molar-refractivity contribution is 6.03. The van der Waals surface area contributed by atoms with Crippen molar-refractivity contribution in [3.05, 3.63) is 34.9 Å². The summed E-state index contributed by atoms with van der Waals surface area (Å²) in [7, 11) is 0. The third-order valence-corrected chi connectivity index (χ3v) is 2.85. The van der Waals surface area contributed by atoms with E-state index >= 15 is 0 Å². The highest BCUT2D eigenvalue weighted by Crippen LogP contribution is 2.38. The van der Waals surface area contributed by atoms with Gasteiger partial charge < -0.3 is 0 Å². The highest BCUT2D eigenvalue weighted by Gasteiger charge is 2.63. The second-order valence-corrected chi connectivity index (χ2v) is 4.10. The van der Waals surface area contributed by atoms with E-state index in [4.69, 9.17) is 0 Å². The molecule has 0 unspecified atom stereocenters. The molecule has 0 fully saturated rings. The standard InChI is InChI=1S/C13H13F5O/c1-3-8-5-6-9(4-2)10(7-8)11(19)12(14,15)13(16,17)18/h5-7H,3-4H2,1-2H3. The maximum absolute atomic E-state index is 13.1. The van der Waals surface area contributed by atoms with Crippen molar-refractivity contribution in [2.24, 2.45) is 0 Å². The van der Waals surface area contributed by atoms with Gasteiger partial charge in [0.2, 0.25) is 5.78 Å². The van der Waals surface area contributed by atoms with Gasteiger partial charge in [-0.2, -0.15) is 22.0 Å². The molecule has 0 radical (unpaired) electrons. The number of hydrogen-bond acceptors (Lipinski definition) is 1. The van der Waals surface area contributed by atoms with Crippen LogP contribution < -0.4 is 0 Å². The Hall–Kier alpha value is -1.46. The molecule has 1 nitrogen and oxygen atoms in total. The molecule has 1 aromatic carbocycles. The lowest BCUT2D eigenvalue weighted by Crippen LogP contribution is -2.44. The number of Topliss-reactive ketones (excluding diaryl/α,β-unsaturated/α-hetero) is 1. The van der Waals surface area contributed by atoms with Crippen LogP contribution in [0, 0.1) is 0 Å². The average Bonchev–Trinajstić information content (AvgIpc) is 2.35. The molecule has 0 amide bonds. The normalized spacial score (nSPS) is 12.6. The predicted octanol–water partition coefficient (Wildman–Crippen LogP) is 4.19. The molecule has 0 heterocycles. The Morgan fingerprint density at radius 3 is 2.05 bits per heavy atom. The van der Waals surface area contributed by atoms with Gasteiger partial charge in [-0.05, 0) is 30.0 Å². The summed E-state index contributed by atoms with van der Waals surface area (Å²) in [4.78, 5) is 11.5. The number of hydrogen-bond donors (Lipinski definition) is 0. The van der Waals surface area contributed by atoms with Crippen molar-refractivity contribution >= 4 is 5.78 Å². The van der Waals surface area contributed by atoms with E-state index in [9.17, 15) is 26.7 Å². The van der Waals surface area contributed by atoms with Crippen molar-refractivity contribution < 1.29 is 26.7 Å². The van der Waals surface area contributed by atoms with Crippen LogP contribution in [0.2, 0.25) is 0 Å². The van der Waals surface area contributed by atoms with E-state index in [1.807, 2.05) is 0 Å². The Labute approximate surface area is 107 Å². The van der Waals surface area contributed by atoms with Gasteiger partial charge in [-0.1, -0.05) is 26.0 Å². The lowest BCUT2D eigenvalue weighted by atomic mass is 9.95. The van der Waals surface area contributed by atoms with E-state index in [0.29, 0.717) is 12.0 Å². The van der Waals surface area contributed by atoms with E-state index in [1.165, 1.54) is 6.07 Å². The summed E-state index contributed by atoms with van der Waals surface area (Å²) in [6.07, 6.45) is -5.22. The first kappa shape index (κ1) is 15.6. The zero-order valence-corrected chi connectivity index (χ0v) is 10.4. The Kier molecular flexibility index (Phi) is 4.32. The Bertz CT molecular complexity index is 476. The summed E-state index contributed by atoms with van der Waals surface area (Å²) in [6.45, 7) is 3.31. The zero-order valence-electron chi connectivity index (χ0n) is 10.4. The number of rotatable bonds is 4. The van der Waals surface area contributed by atoms with E-state index in [2.05, 4.69) is 0 Å². The van der Waals surface area contributed by atoms with Crippen LogP contribution >= 0.6 is 0 Å². The SMILES string of the molecule is CCc1ccc(CC)c(C(=O)C(F)(F)C(F)(F)F)c1. The first-order valence-electron chi connectivity index (χ1n) is 5.76. The molecular weight excluding hydrogens is 267 g/mol. The minimum Gasteiger partial charge on any atom is -0.287 e. The number of benzene rings is 1. The molecule has 0 N–H and O–H groups in total. The van der Waals surface area contributed by atoms with Crippen molar-refractivity contribution in [1.29, 1.82) is 0 Å². The van der Waals surface area contributed by atoms with E-state index in [1.54, 1.807) is 19.9 Å². The van der Waals surface area contributed by atoms with Gasteiger partial charge in [0.05, 0.1) is 0 Å². The molecular formula is C13H13F5O. The summed E-state index contributed by atoms with van der Waals surface area (Å²) >= 11 is 0. The molecule has 0 saturated carbocycles. The Morgan fingerprint density at radius 2 is 1.63 bits per heavy atom. The molecule has 6 heteroatoms. The third kappa shape index (κ3) is 2.93. The fraction of sp³-hybridized carbons (Fsp3) is 0.462. The van der Waals surface area contributed by atoms with Gasteiger partial charge in [0.1, 0.15) is 0 Å². The lowest BCUT2D eigenvalue weighted by Gasteiger charge is -2.19. The predicted molar refractivity (Wildman–Crippen MR) is 60.5 cm³/mol. The van der Waals surface area contributed by atoms with E-state index in [0.717, 1.165) is 6.07 Å². The average molecular weight is 280 g/mol.